The van der Waals surface area contributed by atoms with Crippen LogP contribution in [0.5, 0.6) is 5.75 Å². The SMILES string of the molecule is CCCC1CC=C(c2ccc(CCC3CCC(c4ccc(OCC)c(F)c4)CC3)c(F)c2F)CC1. The predicted octanol–water partition coefficient (Wildman–Crippen LogP) is 9.39. The Morgan fingerprint density at radius 3 is 2.31 bits per heavy atom. The fraction of sp³-hybridized carbons (Fsp3) is 0.548. The van der Waals surface area contributed by atoms with Gasteiger partial charge in [-0.05, 0) is 111 Å². The molecule has 1 unspecified atom stereocenters. The average Bonchev–Trinajstić information content (AvgIpc) is 2.87. The molecule has 2 aliphatic rings. The summed E-state index contributed by atoms with van der Waals surface area (Å²) in [6.07, 6.45) is 12.9. The topological polar surface area (TPSA) is 9.23 Å². The summed E-state index contributed by atoms with van der Waals surface area (Å²) in [5.41, 5.74) is 2.93. The molecule has 35 heavy (non-hydrogen) atoms. The highest BCUT2D eigenvalue weighted by Gasteiger charge is 2.25. The molecule has 1 fully saturated rings. The Morgan fingerprint density at radius 1 is 0.857 bits per heavy atom. The molecule has 1 nitrogen and oxygen atoms in total. The molecule has 0 heterocycles. The third-order valence-electron chi connectivity index (χ3n) is 8.12. The summed E-state index contributed by atoms with van der Waals surface area (Å²) in [5, 5.41) is 0. The Bertz CT molecular complexity index is 1020. The first kappa shape index (κ1) is 25.9. The van der Waals surface area contributed by atoms with Crippen LogP contribution in [0.25, 0.3) is 5.57 Å². The van der Waals surface area contributed by atoms with E-state index in [-0.39, 0.29) is 5.82 Å². The zero-order valence-corrected chi connectivity index (χ0v) is 21.2. The molecule has 2 aromatic rings. The van der Waals surface area contributed by atoms with Crippen molar-refractivity contribution in [2.24, 2.45) is 11.8 Å². The molecular weight excluding hydrogens is 445 g/mol. The Balaban J connectivity index is 1.30. The van der Waals surface area contributed by atoms with Crippen molar-refractivity contribution in [3.05, 3.63) is 70.5 Å². The van der Waals surface area contributed by atoms with Crippen LogP contribution in [-0.2, 0) is 6.42 Å². The number of halogens is 3. The summed E-state index contributed by atoms with van der Waals surface area (Å²) in [7, 11) is 0. The Morgan fingerprint density at radius 2 is 1.66 bits per heavy atom. The van der Waals surface area contributed by atoms with Gasteiger partial charge in [0.25, 0.3) is 0 Å². The second kappa shape index (κ2) is 12.1. The molecule has 1 atom stereocenters. The molecule has 0 radical (unpaired) electrons. The molecule has 0 aromatic heterocycles. The molecule has 4 heteroatoms. The standard InChI is InChI=1S/C31H39F3O/c1-3-5-21-8-13-24(14-9-21)27-18-16-25(30(33)31(27)34)15-10-22-6-11-23(12-7-22)26-17-19-29(35-4-2)28(32)20-26/h13,16-23H,3-12,14-15H2,1-2H3. The lowest BCUT2D eigenvalue weighted by Gasteiger charge is -2.29. The summed E-state index contributed by atoms with van der Waals surface area (Å²) in [4.78, 5) is 0. The molecule has 2 aliphatic carbocycles. The van der Waals surface area contributed by atoms with Crippen molar-refractivity contribution in [3.8, 4) is 5.75 Å². The second-order valence-corrected chi connectivity index (χ2v) is 10.4. The summed E-state index contributed by atoms with van der Waals surface area (Å²) >= 11 is 0. The quantitative estimate of drug-likeness (QED) is 0.344. The van der Waals surface area contributed by atoms with Crippen LogP contribution in [0.15, 0.2) is 36.4 Å². The van der Waals surface area contributed by atoms with Gasteiger partial charge in [-0.1, -0.05) is 44.0 Å². The molecule has 0 saturated heterocycles. The van der Waals surface area contributed by atoms with Crippen molar-refractivity contribution in [2.75, 3.05) is 6.61 Å². The van der Waals surface area contributed by atoms with E-state index in [2.05, 4.69) is 13.0 Å². The van der Waals surface area contributed by atoms with E-state index in [0.29, 0.717) is 47.7 Å². The van der Waals surface area contributed by atoms with Gasteiger partial charge in [-0.25, -0.2) is 13.2 Å². The van der Waals surface area contributed by atoms with Gasteiger partial charge in [0.1, 0.15) is 0 Å². The molecule has 0 amide bonds. The maximum absolute atomic E-state index is 15.0. The van der Waals surface area contributed by atoms with Crippen LogP contribution in [0.3, 0.4) is 0 Å². The zero-order chi connectivity index (χ0) is 24.8. The van der Waals surface area contributed by atoms with Crippen molar-refractivity contribution in [3.63, 3.8) is 0 Å². The fourth-order valence-corrected chi connectivity index (χ4v) is 6.02. The summed E-state index contributed by atoms with van der Waals surface area (Å²) in [6, 6.07) is 8.90. The van der Waals surface area contributed by atoms with Crippen molar-refractivity contribution in [2.45, 2.75) is 90.4 Å². The van der Waals surface area contributed by atoms with E-state index >= 15 is 0 Å². The van der Waals surface area contributed by atoms with Crippen LogP contribution in [-0.4, -0.2) is 6.61 Å². The highest BCUT2D eigenvalue weighted by Crippen LogP contribution is 2.39. The van der Waals surface area contributed by atoms with Crippen molar-refractivity contribution in [1.82, 2.24) is 0 Å². The fourth-order valence-electron chi connectivity index (χ4n) is 6.02. The highest BCUT2D eigenvalue weighted by molar-refractivity contribution is 5.67. The third-order valence-corrected chi connectivity index (χ3v) is 8.12. The number of benzene rings is 2. The minimum Gasteiger partial charge on any atom is -0.491 e. The monoisotopic (exact) mass is 484 g/mol. The summed E-state index contributed by atoms with van der Waals surface area (Å²) < 4.78 is 49.4. The van der Waals surface area contributed by atoms with Crippen LogP contribution in [0, 0.1) is 29.3 Å². The van der Waals surface area contributed by atoms with E-state index in [9.17, 15) is 13.2 Å². The van der Waals surface area contributed by atoms with Crippen molar-refractivity contribution in [1.29, 1.82) is 0 Å². The molecular formula is C31H39F3O. The largest absolute Gasteiger partial charge is 0.491 e. The van der Waals surface area contributed by atoms with Gasteiger partial charge in [0, 0.05) is 5.56 Å². The second-order valence-electron chi connectivity index (χ2n) is 10.4. The summed E-state index contributed by atoms with van der Waals surface area (Å²) in [6.45, 7) is 4.49. The van der Waals surface area contributed by atoms with E-state index in [1.165, 1.54) is 12.8 Å². The Hall–Kier alpha value is -2.23. The van der Waals surface area contributed by atoms with Gasteiger partial charge in [0.15, 0.2) is 23.2 Å². The zero-order valence-electron chi connectivity index (χ0n) is 21.2. The van der Waals surface area contributed by atoms with Crippen molar-refractivity contribution < 1.29 is 17.9 Å². The number of allylic oxidation sites excluding steroid dienone is 2. The van der Waals surface area contributed by atoms with Gasteiger partial charge in [-0.15, -0.1) is 0 Å². The van der Waals surface area contributed by atoms with Gasteiger partial charge in [0.05, 0.1) is 6.61 Å². The van der Waals surface area contributed by atoms with Gasteiger partial charge in [-0.2, -0.15) is 0 Å². The minimum atomic E-state index is -0.677. The first-order valence-corrected chi connectivity index (χ1v) is 13.6. The molecule has 0 bridgehead atoms. The molecule has 1 saturated carbocycles. The molecule has 190 valence electrons. The number of rotatable bonds is 9. The molecule has 4 rings (SSSR count). The highest BCUT2D eigenvalue weighted by atomic mass is 19.2. The van der Waals surface area contributed by atoms with E-state index in [4.69, 9.17) is 4.74 Å². The van der Waals surface area contributed by atoms with E-state index in [1.807, 2.05) is 13.0 Å². The number of ether oxygens (including phenoxy) is 1. The first-order valence-electron chi connectivity index (χ1n) is 13.6. The van der Waals surface area contributed by atoms with Gasteiger partial charge in [-0.3, -0.25) is 0 Å². The lowest BCUT2D eigenvalue weighted by atomic mass is 9.77. The van der Waals surface area contributed by atoms with Crippen LogP contribution < -0.4 is 4.74 Å². The predicted molar refractivity (Wildman–Crippen MR) is 137 cm³/mol. The van der Waals surface area contributed by atoms with E-state index in [0.717, 1.165) is 62.5 Å². The van der Waals surface area contributed by atoms with Crippen LogP contribution in [0.1, 0.15) is 101 Å². The van der Waals surface area contributed by atoms with Crippen LogP contribution >= 0.6 is 0 Å². The number of aryl methyl sites for hydroxylation is 1. The number of hydrogen-bond donors (Lipinski definition) is 0. The smallest absolute Gasteiger partial charge is 0.166 e. The van der Waals surface area contributed by atoms with E-state index < -0.39 is 11.6 Å². The summed E-state index contributed by atoms with van der Waals surface area (Å²) in [5.74, 6) is 0.201. The van der Waals surface area contributed by atoms with Crippen molar-refractivity contribution >= 4 is 5.57 Å². The molecule has 0 N–H and O–H groups in total. The maximum Gasteiger partial charge on any atom is 0.166 e. The number of hydrogen-bond acceptors (Lipinski definition) is 1. The minimum absolute atomic E-state index is 0.294. The molecule has 0 aliphatic heterocycles. The lowest BCUT2D eigenvalue weighted by Crippen LogP contribution is -2.15. The van der Waals surface area contributed by atoms with Crippen LogP contribution in [0.4, 0.5) is 13.2 Å². The average molecular weight is 485 g/mol. The first-order chi connectivity index (χ1) is 17.0. The third kappa shape index (κ3) is 6.32. The van der Waals surface area contributed by atoms with Gasteiger partial charge in [0.2, 0.25) is 0 Å². The molecule has 0 spiro atoms. The van der Waals surface area contributed by atoms with Gasteiger partial charge >= 0.3 is 0 Å². The lowest BCUT2D eigenvalue weighted by molar-refractivity contribution is 0.306. The van der Waals surface area contributed by atoms with Gasteiger partial charge < -0.3 is 4.74 Å². The Labute approximate surface area is 208 Å². The Kier molecular flexibility index (Phi) is 8.97. The van der Waals surface area contributed by atoms with Crippen LogP contribution in [0.2, 0.25) is 0 Å². The normalized spacial score (nSPS) is 22.7. The molecule has 2 aromatic carbocycles. The van der Waals surface area contributed by atoms with E-state index in [1.54, 1.807) is 24.3 Å². The maximum atomic E-state index is 15.0.